The molecule has 6 nitrogen and oxygen atoms in total. The summed E-state index contributed by atoms with van der Waals surface area (Å²) < 4.78 is 0. The standard InChI is InChI=1S/C12H9N3O3/c16-11-9(10(12(17)18)14-15-11)7-5-13-8-4-2-1-3-6(7)8/h1-5,13H,(H,17,18)(H2,14,15,16). The number of aromatic amines is 3. The molecule has 0 fully saturated rings. The number of rotatable bonds is 2. The average Bonchev–Trinajstić information content (AvgIpc) is 2.92. The van der Waals surface area contributed by atoms with Gasteiger partial charge in [0, 0.05) is 22.7 Å². The minimum atomic E-state index is -1.17. The quantitative estimate of drug-likeness (QED) is 0.549. The van der Waals surface area contributed by atoms with Crippen molar-refractivity contribution < 1.29 is 9.90 Å². The van der Waals surface area contributed by atoms with Gasteiger partial charge in [0.2, 0.25) is 0 Å². The van der Waals surface area contributed by atoms with Crippen LogP contribution in [0.3, 0.4) is 0 Å². The van der Waals surface area contributed by atoms with E-state index in [1.807, 2.05) is 24.3 Å². The molecule has 3 rings (SSSR count). The van der Waals surface area contributed by atoms with Crippen molar-refractivity contribution in [2.75, 3.05) is 0 Å². The summed E-state index contributed by atoms with van der Waals surface area (Å²) in [5, 5.41) is 14.5. The molecule has 0 saturated heterocycles. The van der Waals surface area contributed by atoms with E-state index in [9.17, 15) is 9.59 Å². The molecule has 0 aliphatic heterocycles. The van der Waals surface area contributed by atoms with Gasteiger partial charge in [-0.15, -0.1) is 0 Å². The van der Waals surface area contributed by atoms with Crippen LogP contribution in [0.5, 0.6) is 0 Å². The number of nitrogens with one attached hydrogen (secondary N) is 3. The second kappa shape index (κ2) is 3.63. The molecule has 0 radical (unpaired) electrons. The smallest absolute Gasteiger partial charge is 0.354 e. The summed E-state index contributed by atoms with van der Waals surface area (Å²) in [5.41, 5.74) is 0.983. The van der Waals surface area contributed by atoms with Gasteiger partial charge in [0.25, 0.3) is 5.56 Å². The molecule has 3 aromatic rings. The first kappa shape index (κ1) is 10.4. The van der Waals surface area contributed by atoms with Gasteiger partial charge in [-0.05, 0) is 6.07 Å². The van der Waals surface area contributed by atoms with Crippen LogP contribution in [0, 0.1) is 0 Å². The first-order valence-electron chi connectivity index (χ1n) is 5.29. The van der Waals surface area contributed by atoms with Crippen LogP contribution in [-0.2, 0) is 0 Å². The van der Waals surface area contributed by atoms with Gasteiger partial charge < -0.3 is 10.1 Å². The Morgan fingerprint density at radius 2 is 1.94 bits per heavy atom. The van der Waals surface area contributed by atoms with Crippen molar-refractivity contribution in [3.63, 3.8) is 0 Å². The number of aromatic carboxylic acids is 1. The van der Waals surface area contributed by atoms with Gasteiger partial charge in [-0.1, -0.05) is 18.2 Å². The number of fused-ring (bicyclic) bond motifs is 1. The third-order valence-corrected chi connectivity index (χ3v) is 2.85. The Kier molecular flexibility index (Phi) is 2.09. The van der Waals surface area contributed by atoms with E-state index in [0.29, 0.717) is 5.56 Å². The molecule has 0 bridgehead atoms. The van der Waals surface area contributed by atoms with E-state index in [1.165, 1.54) is 0 Å². The van der Waals surface area contributed by atoms with Crippen LogP contribution in [0.15, 0.2) is 35.3 Å². The zero-order valence-corrected chi connectivity index (χ0v) is 9.15. The Hall–Kier alpha value is -2.76. The van der Waals surface area contributed by atoms with Crippen molar-refractivity contribution in [2.24, 2.45) is 0 Å². The fourth-order valence-corrected chi connectivity index (χ4v) is 2.05. The highest BCUT2D eigenvalue weighted by molar-refractivity contribution is 6.01. The third-order valence-electron chi connectivity index (χ3n) is 2.85. The summed E-state index contributed by atoms with van der Waals surface area (Å²) in [6, 6.07) is 7.39. The van der Waals surface area contributed by atoms with E-state index in [-0.39, 0.29) is 11.3 Å². The van der Waals surface area contributed by atoms with Crippen molar-refractivity contribution >= 4 is 16.9 Å². The highest BCUT2D eigenvalue weighted by Gasteiger charge is 2.20. The number of hydrogen-bond acceptors (Lipinski definition) is 2. The van der Waals surface area contributed by atoms with Gasteiger partial charge in [-0.2, -0.15) is 0 Å². The van der Waals surface area contributed by atoms with Crippen molar-refractivity contribution in [3.8, 4) is 11.1 Å². The number of hydrogen-bond donors (Lipinski definition) is 4. The van der Waals surface area contributed by atoms with Gasteiger partial charge in [0.1, 0.15) is 0 Å². The average molecular weight is 243 g/mol. The van der Waals surface area contributed by atoms with Gasteiger partial charge in [0.15, 0.2) is 5.69 Å². The molecule has 90 valence electrons. The predicted molar refractivity (Wildman–Crippen MR) is 65.7 cm³/mol. The summed E-state index contributed by atoms with van der Waals surface area (Å²) >= 11 is 0. The van der Waals surface area contributed by atoms with Crippen molar-refractivity contribution in [3.05, 3.63) is 46.5 Å². The van der Waals surface area contributed by atoms with Crippen LogP contribution in [-0.4, -0.2) is 26.3 Å². The Labute approximate surface area is 100 Å². The zero-order chi connectivity index (χ0) is 12.7. The number of H-pyrrole nitrogens is 3. The summed E-state index contributed by atoms with van der Waals surface area (Å²) in [7, 11) is 0. The Morgan fingerprint density at radius 3 is 2.72 bits per heavy atom. The minimum Gasteiger partial charge on any atom is -0.477 e. The molecule has 6 heteroatoms. The van der Waals surface area contributed by atoms with Crippen LogP contribution >= 0.6 is 0 Å². The van der Waals surface area contributed by atoms with Crippen molar-refractivity contribution in [1.82, 2.24) is 15.2 Å². The van der Waals surface area contributed by atoms with Crippen LogP contribution in [0.2, 0.25) is 0 Å². The molecule has 18 heavy (non-hydrogen) atoms. The maximum absolute atomic E-state index is 11.7. The number of benzene rings is 1. The summed E-state index contributed by atoms with van der Waals surface area (Å²) in [5.74, 6) is -1.17. The van der Waals surface area contributed by atoms with Crippen LogP contribution in [0.1, 0.15) is 10.5 Å². The monoisotopic (exact) mass is 243 g/mol. The fraction of sp³-hybridized carbons (Fsp3) is 0. The molecule has 4 N–H and O–H groups in total. The molecule has 0 aliphatic rings. The highest BCUT2D eigenvalue weighted by Crippen LogP contribution is 2.27. The summed E-state index contributed by atoms with van der Waals surface area (Å²) in [4.78, 5) is 25.8. The molecule has 2 heterocycles. The molecule has 0 aliphatic carbocycles. The van der Waals surface area contributed by atoms with Crippen molar-refractivity contribution in [2.45, 2.75) is 0 Å². The highest BCUT2D eigenvalue weighted by atomic mass is 16.4. The topological polar surface area (TPSA) is 102 Å². The molecule has 0 atom stereocenters. The number of carboxylic acids is 1. The molecule has 1 aromatic carbocycles. The van der Waals surface area contributed by atoms with E-state index in [0.717, 1.165) is 10.9 Å². The zero-order valence-electron chi connectivity index (χ0n) is 9.15. The Morgan fingerprint density at radius 1 is 1.17 bits per heavy atom. The second-order valence-corrected chi connectivity index (χ2v) is 3.88. The normalized spacial score (nSPS) is 10.9. The lowest BCUT2D eigenvalue weighted by Crippen LogP contribution is -2.04. The molecule has 0 spiro atoms. The summed E-state index contributed by atoms with van der Waals surface area (Å²) in [6.45, 7) is 0. The largest absolute Gasteiger partial charge is 0.477 e. The SMILES string of the molecule is O=C(O)c1[nH][nH]c(=O)c1-c1c[nH]c2ccccc12. The maximum Gasteiger partial charge on any atom is 0.354 e. The molecule has 0 amide bonds. The number of para-hydroxylation sites is 1. The van der Waals surface area contributed by atoms with Crippen LogP contribution < -0.4 is 5.56 Å². The molecular weight excluding hydrogens is 234 g/mol. The number of carbonyl (C=O) groups is 1. The lowest BCUT2D eigenvalue weighted by molar-refractivity contribution is 0.0691. The van der Waals surface area contributed by atoms with Crippen LogP contribution in [0.25, 0.3) is 22.0 Å². The van der Waals surface area contributed by atoms with E-state index in [2.05, 4.69) is 15.2 Å². The lowest BCUT2D eigenvalue weighted by atomic mass is 10.1. The lowest BCUT2D eigenvalue weighted by Gasteiger charge is -1.96. The van der Waals surface area contributed by atoms with Crippen LogP contribution in [0.4, 0.5) is 0 Å². The first-order valence-corrected chi connectivity index (χ1v) is 5.29. The molecule has 0 unspecified atom stereocenters. The number of carboxylic acid groups (broad SMARTS) is 1. The molecule has 2 aromatic heterocycles. The second-order valence-electron chi connectivity index (χ2n) is 3.88. The van der Waals surface area contributed by atoms with Crippen molar-refractivity contribution in [1.29, 1.82) is 0 Å². The Bertz CT molecular complexity index is 794. The maximum atomic E-state index is 11.7. The van der Waals surface area contributed by atoms with Gasteiger partial charge in [-0.3, -0.25) is 15.0 Å². The minimum absolute atomic E-state index is 0.134. The van der Waals surface area contributed by atoms with E-state index in [4.69, 9.17) is 5.11 Å². The van der Waals surface area contributed by atoms with Gasteiger partial charge >= 0.3 is 5.97 Å². The molecular formula is C12H9N3O3. The Balaban J connectivity index is 2.36. The fourth-order valence-electron chi connectivity index (χ4n) is 2.05. The third kappa shape index (κ3) is 1.36. The van der Waals surface area contributed by atoms with E-state index in [1.54, 1.807) is 6.20 Å². The van der Waals surface area contributed by atoms with Gasteiger partial charge in [-0.25, -0.2) is 4.79 Å². The number of aromatic nitrogens is 3. The van der Waals surface area contributed by atoms with E-state index >= 15 is 0 Å². The van der Waals surface area contributed by atoms with Gasteiger partial charge in [0.05, 0.1) is 5.56 Å². The summed E-state index contributed by atoms with van der Waals surface area (Å²) in [6.07, 6.45) is 1.63. The predicted octanol–water partition coefficient (Wildman–Crippen LogP) is 1.55. The van der Waals surface area contributed by atoms with E-state index < -0.39 is 11.5 Å². The first-order chi connectivity index (χ1) is 8.68. The molecule has 0 saturated carbocycles.